The largest absolute Gasteiger partial charge is 0.407 e. The molecule has 0 amide bonds. The van der Waals surface area contributed by atoms with Crippen LogP contribution in [0.2, 0.25) is 19.6 Å². The number of thioether (sulfide) groups is 1. The lowest BCUT2D eigenvalue weighted by atomic mass is 9.64. The Morgan fingerprint density at radius 3 is 2.56 bits per heavy atom. The average Bonchev–Trinajstić information content (AvgIpc) is 2.69. The van der Waals surface area contributed by atoms with Gasteiger partial charge in [-0.2, -0.15) is 0 Å². The molecule has 3 unspecified atom stereocenters. The summed E-state index contributed by atoms with van der Waals surface area (Å²) >= 11 is 1.98. The summed E-state index contributed by atoms with van der Waals surface area (Å²) in [6.45, 7) is 16.3. The van der Waals surface area contributed by atoms with E-state index in [9.17, 15) is 0 Å². The molecule has 1 heterocycles. The number of fused-ring (bicyclic) bond motifs is 1. The third-order valence-electron chi connectivity index (χ3n) is 5.90. The molecule has 0 radical (unpaired) electrons. The molecule has 3 atom stereocenters. The zero-order valence-corrected chi connectivity index (χ0v) is 14.2. The van der Waals surface area contributed by atoms with Crippen molar-refractivity contribution in [3.8, 4) is 0 Å². The highest BCUT2D eigenvalue weighted by molar-refractivity contribution is 8.03. The monoisotopic (exact) mass is 282 g/mol. The Bertz CT molecular complexity index is 411. The third-order valence-corrected chi connectivity index (χ3v) is 8.18. The standard InChI is InChI=1S/C15H26OSSi/c1-11-15(16-18(4,5)6)9-12-7-8-14(15,10-17-11)13(12,2)3/h12H,1,7-10H2,2-6H3. The van der Waals surface area contributed by atoms with Crippen LogP contribution in [0.1, 0.15) is 33.1 Å². The first-order chi connectivity index (χ1) is 8.15. The van der Waals surface area contributed by atoms with Crippen molar-refractivity contribution in [1.82, 2.24) is 0 Å². The molecule has 2 saturated carbocycles. The molecule has 2 bridgehead atoms. The second kappa shape index (κ2) is 3.47. The van der Waals surface area contributed by atoms with Crippen LogP contribution in [0.15, 0.2) is 11.5 Å². The van der Waals surface area contributed by atoms with Gasteiger partial charge in [-0.15, -0.1) is 11.8 Å². The highest BCUT2D eigenvalue weighted by atomic mass is 32.2. The molecular formula is C15H26OSSi. The molecule has 0 aromatic rings. The van der Waals surface area contributed by atoms with Crippen molar-refractivity contribution in [2.75, 3.05) is 5.75 Å². The fourth-order valence-corrected chi connectivity index (χ4v) is 8.16. The van der Waals surface area contributed by atoms with Crippen molar-refractivity contribution in [3.63, 3.8) is 0 Å². The molecule has 3 heteroatoms. The van der Waals surface area contributed by atoms with Gasteiger partial charge in [0.25, 0.3) is 0 Å². The van der Waals surface area contributed by atoms with Crippen molar-refractivity contribution in [1.29, 1.82) is 0 Å². The van der Waals surface area contributed by atoms with Crippen LogP contribution in [0.4, 0.5) is 0 Å². The molecule has 0 N–H and O–H groups in total. The topological polar surface area (TPSA) is 9.23 Å². The fourth-order valence-electron chi connectivity index (χ4n) is 4.92. The summed E-state index contributed by atoms with van der Waals surface area (Å²) in [5, 5.41) is 0. The number of hydrogen-bond acceptors (Lipinski definition) is 2. The minimum atomic E-state index is -1.54. The lowest BCUT2D eigenvalue weighted by Crippen LogP contribution is -2.53. The Morgan fingerprint density at radius 1 is 1.33 bits per heavy atom. The molecule has 1 nitrogen and oxygen atoms in total. The molecule has 1 saturated heterocycles. The first kappa shape index (κ1) is 13.3. The lowest BCUT2D eigenvalue weighted by Gasteiger charge is -2.48. The first-order valence-electron chi connectivity index (χ1n) is 7.17. The molecule has 3 fully saturated rings. The van der Waals surface area contributed by atoms with E-state index in [-0.39, 0.29) is 5.60 Å². The van der Waals surface area contributed by atoms with Crippen molar-refractivity contribution in [2.45, 2.75) is 58.4 Å². The van der Waals surface area contributed by atoms with Crippen LogP contribution in [0.5, 0.6) is 0 Å². The summed E-state index contributed by atoms with van der Waals surface area (Å²) in [7, 11) is -1.54. The predicted molar refractivity (Wildman–Crippen MR) is 82.3 cm³/mol. The first-order valence-corrected chi connectivity index (χ1v) is 11.6. The Hall–Kier alpha value is 0.267. The van der Waals surface area contributed by atoms with E-state index in [1.165, 1.54) is 29.9 Å². The van der Waals surface area contributed by atoms with Crippen LogP contribution in [0, 0.1) is 16.7 Å². The molecule has 1 aliphatic heterocycles. The van der Waals surface area contributed by atoms with Gasteiger partial charge in [-0.1, -0.05) is 20.4 Å². The van der Waals surface area contributed by atoms with Gasteiger partial charge in [-0.05, 0) is 50.2 Å². The smallest absolute Gasteiger partial charge is 0.185 e. The van der Waals surface area contributed by atoms with E-state index >= 15 is 0 Å². The Labute approximate surface area is 117 Å². The normalized spacial score (nSPS) is 45.6. The summed E-state index contributed by atoms with van der Waals surface area (Å²) in [5.74, 6) is 2.08. The van der Waals surface area contributed by atoms with Gasteiger partial charge in [0.2, 0.25) is 0 Å². The van der Waals surface area contributed by atoms with Crippen LogP contribution in [-0.4, -0.2) is 19.7 Å². The third kappa shape index (κ3) is 1.34. The minimum absolute atomic E-state index is 0.00849. The maximum atomic E-state index is 6.80. The van der Waals surface area contributed by atoms with Crippen LogP contribution < -0.4 is 0 Å². The van der Waals surface area contributed by atoms with E-state index in [0.717, 1.165) is 5.92 Å². The van der Waals surface area contributed by atoms with Crippen LogP contribution in [0.3, 0.4) is 0 Å². The summed E-state index contributed by atoms with van der Waals surface area (Å²) in [5.41, 5.74) is 0.806. The average molecular weight is 283 g/mol. The minimum Gasteiger partial charge on any atom is -0.407 e. The van der Waals surface area contributed by atoms with Gasteiger partial charge in [0.1, 0.15) is 0 Å². The highest BCUT2D eigenvalue weighted by Gasteiger charge is 2.75. The molecule has 3 aliphatic rings. The van der Waals surface area contributed by atoms with Gasteiger partial charge < -0.3 is 4.43 Å². The van der Waals surface area contributed by atoms with E-state index in [1.807, 2.05) is 11.8 Å². The molecular weight excluding hydrogens is 256 g/mol. The second-order valence-electron chi connectivity index (χ2n) is 8.00. The van der Waals surface area contributed by atoms with E-state index in [2.05, 4.69) is 40.1 Å². The van der Waals surface area contributed by atoms with Crippen LogP contribution in [0.25, 0.3) is 0 Å². The fraction of sp³-hybridized carbons (Fsp3) is 0.867. The maximum absolute atomic E-state index is 6.80. The van der Waals surface area contributed by atoms with Crippen molar-refractivity contribution >= 4 is 20.1 Å². The molecule has 3 rings (SSSR count). The molecule has 1 spiro atoms. The van der Waals surface area contributed by atoms with Gasteiger partial charge in [0.15, 0.2) is 8.32 Å². The van der Waals surface area contributed by atoms with E-state index < -0.39 is 8.32 Å². The molecule has 0 aromatic carbocycles. The lowest BCUT2D eigenvalue weighted by molar-refractivity contribution is -0.0287. The Kier molecular flexibility index (Phi) is 2.56. The van der Waals surface area contributed by atoms with E-state index in [4.69, 9.17) is 4.43 Å². The van der Waals surface area contributed by atoms with E-state index in [0.29, 0.717) is 10.8 Å². The summed E-state index contributed by atoms with van der Waals surface area (Å²) < 4.78 is 6.80. The molecule has 0 aromatic heterocycles. The van der Waals surface area contributed by atoms with Gasteiger partial charge in [-0.25, -0.2) is 0 Å². The Balaban J connectivity index is 2.10. The zero-order valence-electron chi connectivity index (χ0n) is 12.4. The van der Waals surface area contributed by atoms with Crippen molar-refractivity contribution in [3.05, 3.63) is 11.5 Å². The molecule has 18 heavy (non-hydrogen) atoms. The quantitative estimate of drug-likeness (QED) is 0.681. The highest BCUT2D eigenvalue weighted by Crippen LogP contribution is 2.77. The van der Waals surface area contributed by atoms with Gasteiger partial charge in [-0.3, -0.25) is 0 Å². The van der Waals surface area contributed by atoms with Crippen molar-refractivity contribution in [2.24, 2.45) is 16.7 Å². The van der Waals surface area contributed by atoms with E-state index in [1.54, 1.807) is 0 Å². The second-order valence-corrected chi connectivity index (χ2v) is 13.5. The number of hydrogen-bond donors (Lipinski definition) is 0. The van der Waals surface area contributed by atoms with Gasteiger partial charge in [0, 0.05) is 16.1 Å². The van der Waals surface area contributed by atoms with Gasteiger partial charge in [0.05, 0.1) is 5.60 Å². The number of rotatable bonds is 2. The molecule has 2 aliphatic carbocycles. The molecule has 102 valence electrons. The predicted octanol–water partition coefficient (Wildman–Crippen LogP) is 4.66. The van der Waals surface area contributed by atoms with Crippen LogP contribution in [-0.2, 0) is 4.43 Å². The summed E-state index contributed by atoms with van der Waals surface area (Å²) in [6.07, 6.45) is 3.98. The zero-order chi connectivity index (χ0) is 13.4. The SMILES string of the molecule is C=C1SCC23CCC(CC12O[Si](C)(C)C)C3(C)C. The summed E-state index contributed by atoms with van der Waals surface area (Å²) in [6, 6.07) is 0. The van der Waals surface area contributed by atoms with Gasteiger partial charge >= 0.3 is 0 Å². The van der Waals surface area contributed by atoms with Crippen LogP contribution >= 0.6 is 11.8 Å². The Morgan fingerprint density at radius 2 is 2.00 bits per heavy atom. The maximum Gasteiger partial charge on any atom is 0.185 e. The van der Waals surface area contributed by atoms with Crippen molar-refractivity contribution < 1.29 is 4.43 Å². The summed E-state index contributed by atoms with van der Waals surface area (Å²) in [4.78, 5) is 1.33.